The maximum Gasteiger partial charge on any atom is 0.200 e. The molecule has 0 amide bonds. The Morgan fingerprint density at radius 3 is 2.63 bits per heavy atom. The summed E-state index contributed by atoms with van der Waals surface area (Å²) in [6.07, 6.45) is 3.46. The molecule has 2 aromatic rings. The molecule has 0 spiro atoms. The minimum atomic E-state index is -2.03. The van der Waals surface area contributed by atoms with Crippen LogP contribution in [0.4, 0.5) is 10.1 Å². The first kappa shape index (κ1) is 28.6. The Morgan fingerprint density at radius 1 is 1.16 bits per heavy atom. The van der Waals surface area contributed by atoms with Crippen LogP contribution in [0.1, 0.15) is 62.8 Å². The smallest absolute Gasteiger partial charge is 0.200 e. The van der Waals surface area contributed by atoms with Crippen LogP contribution in [0.2, 0.25) is 0 Å². The summed E-state index contributed by atoms with van der Waals surface area (Å²) in [4.78, 5) is 25.9. The minimum Gasteiger partial charge on any atom is -0.399 e. The van der Waals surface area contributed by atoms with Crippen molar-refractivity contribution in [3.05, 3.63) is 77.2 Å². The Balaban J connectivity index is 1.23. The third kappa shape index (κ3) is 3.62. The highest BCUT2D eigenvalue weighted by atomic mass is 19.1. The van der Waals surface area contributed by atoms with Gasteiger partial charge in [0.15, 0.2) is 22.8 Å². The fraction of sp³-hybridized carbons (Fsp3) is 0.529. The van der Waals surface area contributed by atoms with Crippen LogP contribution in [0, 0.1) is 22.7 Å². The van der Waals surface area contributed by atoms with Gasteiger partial charge in [-0.3, -0.25) is 9.59 Å². The fourth-order valence-corrected chi connectivity index (χ4v) is 9.53. The highest BCUT2D eigenvalue weighted by Crippen LogP contribution is 2.72. The van der Waals surface area contributed by atoms with Gasteiger partial charge < -0.3 is 30.0 Å². The van der Waals surface area contributed by atoms with Crippen LogP contribution >= 0.6 is 0 Å². The Bertz CT molecular complexity index is 1560. The summed E-state index contributed by atoms with van der Waals surface area (Å²) in [5.41, 5.74) is 4.38. The number of benzene rings is 1. The molecule has 1 aliphatic heterocycles. The second-order valence-electron chi connectivity index (χ2n) is 13.6. The number of hydrogen-bond acceptors (Lipinski definition) is 7. The van der Waals surface area contributed by atoms with Gasteiger partial charge in [-0.15, -0.1) is 0 Å². The number of carbonyl (C=O) groups excluding carboxylic acids is 2. The number of hydrogen-bond donors (Lipinski definition) is 3. The summed E-state index contributed by atoms with van der Waals surface area (Å²) >= 11 is 0. The van der Waals surface area contributed by atoms with Gasteiger partial charge in [0, 0.05) is 41.6 Å². The lowest BCUT2D eigenvalue weighted by Gasteiger charge is -2.62. The average Bonchev–Trinajstić information content (AvgIpc) is 3.60. The number of halogens is 1. The van der Waals surface area contributed by atoms with Crippen LogP contribution < -0.4 is 5.73 Å². The van der Waals surface area contributed by atoms with Crippen molar-refractivity contribution in [1.29, 1.82) is 0 Å². The lowest BCUT2D eigenvalue weighted by atomic mass is 9.44. The first-order chi connectivity index (χ1) is 20.4. The molecule has 2 heterocycles. The van der Waals surface area contributed by atoms with Gasteiger partial charge in [-0.05, 0) is 80.5 Å². The number of aromatic nitrogens is 1. The summed E-state index contributed by atoms with van der Waals surface area (Å²) in [5, 5.41) is 21.9. The van der Waals surface area contributed by atoms with Gasteiger partial charge >= 0.3 is 0 Å². The van der Waals surface area contributed by atoms with E-state index < -0.39 is 58.9 Å². The van der Waals surface area contributed by atoms with E-state index in [1.54, 1.807) is 13.0 Å². The number of rotatable bonds is 5. The van der Waals surface area contributed by atoms with Crippen molar-refractivity contribution in [1.82, 2.24) is 4.57 Å². The Morgan fingerprint density at radius 2 is 1.91 bits per heavy atom. The first-order valence-corrected chi connectivity index (χ1v) is 15.2. The van der Waals surface area contributed by atoms with Crippen LogP contribution in [-0.4, -0.2) is 56.4 Å². The molecule has 9 heteroatoms. The monoisotopic (exact) mass is 590 g/mol. The summed E-state index contributed by atoms with van der Waals surface area (Å²) in [7, 11) is 1.92. The van der Waals surface area contributed by atoms with Gasteiger partial charge in [-0.1, -0.05) is 30.7 Å². The zero-order valence-electron chi connectivity index (χ0n) is 24.8. The molecule has 4 N–H and O–H groups in total. The summed E-state index contributed by atoms with van der Waals surface area (Å²) < 4.78 is 32.8. The topological polar surface area (TPSA) is 124 Å². The van der Waals surface area contributed by atoms with Gasteiger partial charge in [-0.2, -0.15) is 0 Å². The van der Waals surface area contributed by atoms with E-state index in [0.29, 0.717) is 36.9 Å². The molecule has 0 unspecified atom stereocenters. The van der Waals surface area contributed by atoms with Crippen molar-refractivity contribution in [3.63, 3.8) is 0 Å². The maximum absolute atomic E-state index is 17.6. The van der Waals surface area contributed by atoms with E-state index >= 15 is 4.39 Å². The molecule has 1 aromatic heterocycles. The standard InChI is InChI=1S/C34H39FN2O6/c1-31-13-12-23(39)15-20(31)6-10-24-25-16-29-34(28(41)18-38,32(25,2)17-27(40)33(24,31)35)43-30(42-29)26-11-9-22(37(26)3)14-19-4-7-21(36)8-5-19/h4-5,7-9,11-13,15,24-25,27,29-30,38,40H,6,10,14,16-18,36H2,1-3H3/t24-,25-,27-,29+,30+,31-,32-,33-,34+/m0/s1. The Kier molecular flexibility index (Phi) is 6.29. The number of aliphatic hydroxyl groups is 2. The molecule has 1 aromatic carbocycles. The zero-order valence-corrected chi connectivity index (χ0v) is 24.8. The lowest BCUT2D eigenvalue weighted by molar-refractivity contribution is -0.232. The summed E-state index contributed by atoms with van der Waals surface area (Å²) in [6.45, 7) is 2.91. The predicted octanol–water partition coefficient (Wildman–Crippen LogP) is 3.89. The van der Waals surface area contributed by atoms with E-state index in [2.05, 4.69) is 0 Å². The van der Waals surface area contributed by atoms with Crippen molar-refractivity contribution in [3.8, 4) is 0 Å². The highest BCUT2D eigenvalue weighted by molar-refractivity contribution is 6.01. The minimum absolute atomic E-state index is 0.0385. The van der Waals surface area contributed by atoms with E-state index in [4.69, 9.17) is 15.2 Å². The van der Waals surface area contributed by atoms with Crippen molar-refractivity contribution in [2.45, 2.75) is 75.7 Å². The predicted molar refractivity (Wildman–Crippen MR) is 156 cm³/mol. The van der Waals surface area contributed by atoms with Gasteiger partial charge in [0.1, 0.15) is 6.61 Å². The van der Waals surface area contributed by atoms with Crippen molar-refractivity contribution >= 4 is 17.3 Å². The van der Waals surface area contributed by atoms with E-state index in [0.717, 1.165) is 17.0 Å². The number of alkyl halides is 1. The molecule has 4 fully saturated rings. The Labute approximate surface area is 250 Å². The van der Waals surface area contributed by atoms with Crippen LogP contribution in [0.3, 0.4) is 0 Å². The number of nitrogen functional groups attached to an aromatic ring is 1. The van der Waals surface area contributed by atoms with E-state index in [9.17, 15) is 19.8 Å². The van der Waals surface area contributed by atoms with Crippen molar-refractivity contribution in [2.24, 2.45) is 29.7 Å². The van der Waals surface area contributed by atoms with E-state index in [1.165, 1.54) is 12.2 Å². The summed E-state index contributed by atoms with van der Waals surface area (Å²) in [6, 6.07) is 11.6. The van der Waals surface area contributed by atoms with E-state index in [1.807, 2.05) is 54.9 Å². The van der Waals surface area contributed by atoms with Crippen LogP contribution in [0.5, 0.6) is 0 Å². The molecule has 9 atom stereocenters. The molecule has 0 radical (unpaired) electrons. The van der Waals surface area contributed by atoms with Crippen LogP contribution in [0.25, 0.3) is 0 Å². The third-order valence-electron chi connectivity index (χ3n) is 11.8. The van der Waals surface area contributed by atoms with Gasteiger partial charge in [0.2, 0.25) is 6.29 Å². The lowest BCUT2D eigenvalue weighted by Crippen LogP contribution is -2.69. The Hall–Kier alpha value is -3.11. The number of nitrogens with two attached hydrogens (primary N) is 1. The fourth-order valence-electron chi connectivity index (χ4n) is 9.53. The van der Waals surface area contributed by atoms with Crippen LogP contribution in [-0.2, 0) is 32.5 Å². The summed E-state index contributed by atoms with van der Waals surface area (Å²) in [5.74, 6) is -1.62. The second kappa shape index (κ2) is 9.44. The molecule has 0 bridgehead atoms. The SMILES string of the molecule is Cn1c(Cc2ccc(N)cc2)ccc1[C@@H]1O[C@@H]2C[C@H]3[C@@H]4CCC5=CC(=O)C=C[C@]5(C)[C@@]4(F)[C@@H](O)C[C@]3(C)[C@]2(C(=O)CO)O1. The number of Topliss-reactive ketones (excluding diaryl/α,β-unsaturated/α-hetero) is 1. The average molecular weight is 591 g/mol. The molecule has 4 aliphatic carbocycles. The van der Waals surface area contributed by atoms with Gasteiger partial charge in [0.05, 0.1) is 17.9 Å². The van der Waals surface area contributed by atoms with Crippen molar-refractivity contribution < 1.29 is 33.7 Å². The highest BCUT2D eigenvalue weighted by Gasteiger charge is 2.79. The molecule has 7 rings (SSSR count). The largest absolute Gasteiger partial charge is 0.399 e. The number of nitrogens with zero attached hydrogens (tertiary/aromatic N) is 1. The number of ether oxygens (including phenoxy) is 2. The molecule has 1 saturated heterocycles. The number of fused-ring (bicyclic) bond motifs is 7. The molecular formula is C34H39FN2O6. The number of ketones is 2. The number of carbonyl (C=O) groups is 2. The number of anilines is 1. The second-order valence-corrected chi connectivity index (χ2v) is 13.6. The molecule has 5 aliphatic rings. The van der Waals surface area contributed by atoms with Crippen LogP contribution in [0.15, 0.2) is 60.2 Å². The first-order valence-electron chi connectivity index (χ1n) is 15.2. The maximum atomic E-state index is 17.6. The third-order valence-corrected chi connectivity index (χ3v) is 11.8. The molecule has 8 nitrogen and oxygen atoms in total. The molecule has 43 heavy (non-hydrogen) atoms. The number of allylic oxidation sites excluding steroid dienone is 4. The zero-order chi connectivity index (χ0) is 30.5. The van der Waals surface area contributed by atoms with Gasteiger partial charge in [0.25, 0.3) is 0 Å². The molecule has 228 valence electrons. The molecule has 3 saturated carbocycles. The normalized spacial score (nSPS) is 41.3. The quantitative estimate of drug-likeness (QED) is 0.452. The van der Waals surface area contributed by atoms with E-state index in [-0.39, 0.29) is 18.1 Å². The molecular weight excluding hydrogens is 551 g/mol. The van der Waals surface area contributed by atoms with Crippen molar-refractivity contribution in [2.75, 3.05) is 12.3 Å². The number of aliphatic hydroxyl groups excluding tert-OH is 2. The van der Waals surface area contributed by atoms with Gasteiger partial charge in [-0.25, -0.2) is 4.39 Å².